The molecule has 0 aliphatic carbocycles. The van der Waals surface area contributed by atoms with Gasteiger partial charge in [-0.3, -0.25) is 0 Å². The number of piperidine rings is 1. The van der Waals surface area contributed by atoms with Gasteiger partial charge in [0.2, 0.25) is 0 Å². The monoisotopic (exact) mass is 224 g/mol. The van der Waals surface area contributed by atoms with Gasteiger partial charge in [-0.1, -0.05) is 29.8 Å². The fourth-order valence-electron chi connectivity index (χ4n) is 1.92. The predicted molar refractivity (Wildman–Crippen MR) is 64.2 cm³/mol. The molecule has 1 aromatic carbocycles. The lowest BCUT2D eigenvalue weighted by molar-refractivity contribution is 0.386. The lowest BCUT2D eigenvalue weighted by Crippen LogP contribution is -2.39. The zero-order valence-electron chi connectivity index (χ0n) is 8.80. The maximum atomic E-state index is 6.09. The standard InChI is InChI=1S/C12H17ClN2/c13-12-4-2-1-3-10(12)9-15-11-5-7-14-8-6-11/h1-4,11,14-15H,5-9H2. The SMILES string of the molecule is Clc1ccccc1CNC1CCNCC1. The molecule has 82 valence electrons. The van der Waals surface area contributed by atoms with E-state index in [0.717, 1.165) is 24.7 Å². The van der Waals surface area contributed by atoms with E-state index in [1.807, 2.05) is 18.2 Å². The van der Waals surface area contributed by atoms with Crippen molar-refractivity contribution in [3.05, 3.63) is 34.9 Å². The van der Waals surface area contributed by atoms with Crippen molar-refractivity contribution >= 4 is 11.6 Å². The third-order valence-electron chi connectivity index (χ3n) is 2.88. The Morgan fingerprint density at radius 3 is 2.73 bits per heavy atom. The molecule has 2 N–H and O–H groups in total. The minimum absolute atomic E-state index is 0.641. The number of halogens is 1. The van der Waals surface area contributed by atoms with Crippen molar-refractivity contribution in [2.24, 2.45) is 0 Å². The second-order valence-electron chi connectivity index (χ2n) is 4.00. The summed E-state index contributed by atoms with van der Waals surface area (Å²) in [6.07, 6.45) is 2.43. The maximum absolute atomic E-state index is 6.09. The van der Waals surface area contributed by atoms with Gasteiger partial charge < -0.3 is 10.6 Å². The van der Waals surface area contributed by atoms with E-state index in [9.17, 15) is 0 Å². The van der Waals surface area contributed by atoms with E-state index in [1.165, 1.54) is 18.4 Å². The van der Waals surface area contributed by atoms with E-state index in [1.54, 1.807) is 0 Å². The first-order valence-corrected chi connectivity index (χ1v) is 5.91. The smallest absolute Gasteiger partial charge is 0.0450 e. The number of hydrogen-bond donors (Lipinski definition) is 2. The molecule has 1 fully saturated rings. The topological polar surface area (TPSA) is 24.1 Å². The summed E-state index contributed by atoms with van der Waals surface area (Å²) in [7, 11) is 0. The molecule has 2 nitrogen and oxygen atoms in total. The van der Waals surface area contributed by atoms with Gasteiger partial charge in [0.05, 0.1) is 0 Å². The van der Waals surface area contributed by atoms with E-state index < -0.39 is 0 Å². The molecule has 0 spiro atoms. The Hall–Kier alpha value is -0.570. The number of rotatable bonds is 3. The van der Waals surface area contributed by atoms with Crippen molar-refractivity contribution in [1.82, 2.24) is 10.6 Å². The van der Waals surface area contributed by atoms with E-state index in [4.69, 9.17) is 11.6 Å². The predicted octanol–water partition coefficient (Wildman–Crippen LogP) is 2.18. The van der Waals surface area contributed by atoms with Crippen LogP contribution in [0.3, 0.4) is 0 Å². The van der Waals surface area contributed by atoms with Crippen LogP contribution in [0, 0.1) is 0 Å². The Bertz CT molecular complexity index is 308. The van der Waals surface area contributed by atoms with Gasteiger partial charge >= 0.3 is 0 Å². The molecule has 1 aliphatic rings. The molecule has 0 aromatic heterocycles. The summed E-state index contributed by atoms with van der Waals surface area (Å²) in [6, 6.07) is 8.67. The summed E-state index contributed by atoms with van der Waals surface area (Å²) in [5, 5.41) is 7.77. The molecule has 1 heterocycles. The highest BCUT2D eigenvalue weighted by molar-refractivity contribution is 6.31. The molecular formula is C12H17ClN2. The minimum atomic E-state index is 0.641. The van der Waals surface area contributed by atoms with E-state index >= 15 is 0 Å². The third-order valence-corrected chi connectivity index (χ3v) is 3.25. The molecule has 0 saturated carbocycles. The van der Waals surface area contributed by atoms with Gasteiger partial charge in [-0.05, 0) is 37.6 Å². The molecule has 2 rings (SSSR count). The van der Waals surface area contributed by atoms with Crippen molar-refractivity contribution < 1.29 is 0 Å². The van der Waals surface area contributed by atoms with Crippen LogP contribution in [-0.2, 0) is 6.54 Å². The van der Waals surface area contributed by atoms with Gasteiger partial charge in [-0.2, -0.15) is 0 Å². The molecule has 1 aliphatic heterocycles. The van der Waals surface area contributed by atoms with Gasteiger partial charge in [0.15, 0.2) is 0 Å². The van der Waals surface area contributed by atoms with Crippen molar-refractivity contribution in [2.75, 3.05) is 13.1 Å². The fraction of sp³-hybridized carbons (Fsp3) is 0.500. The summed E-state index contributed by atoms with van der Waals surface area (Å²) >= 11 is 6.09. The average Bonchev–Trinajstić information content (AvgIpc) is 2.29. The lowest BCUT2D eigenvalue weighted by atomic mass is 10.1. The van der Waals surface area contributed by atoms with Crippen LogP contribution in [0.15, 0.2) is 24.3 Å². The third kappa shape index (κ3) is 3.20. The fourth-order valence-corrected chi connectivity index (χ4v) is 2.12. The Labute approximate surface area is 96.0 Å². The quantitative estimate of drug-likeness (QED) is 0.823. The zero-order chi connectivity index (χ0) is 10.5. The highest BCUT2D eigenvalue weighted by atomic mass is 35.5. The molecule has 0 radical (unpaired) electrons. The Morgan fingerprint density at radius 2 is 2.00 bits per heavy atom. The minimum Gasteiger partial charge on any atom is -0.317 e. The van der Waals surface area contributed by atoms with Crippen molar-refractivity contribution in [3.8, 4) is 0 Å². The molecule has 0 unspecified atom stereocenters. The van der Waals surface area contributed by atoms with Crippen molar-refractivity contribution in [2.45, 2.75) is 25.4 Å². The molecular weight excluding hydrogens is 208 g/mol. The first-order chi connectivity index (χ1) is 7.36. The van der Waals surface area contributed by atoms with Gasteiger partial charge in [0.1, 0.15) is 0 Å². The first-order valence-electron chi connectivity index (χ1n) is 5.54. The summed E-state index contributed by atoms with van der Waals surface area (Å²) in [4.78, 5) is 0. The number of benzene rings is 1. The molecule has 0 bridgehead atoms. The number of nitrogens with one attached hydrogen (secondary N) is 2. The normalized spacial score (nSPS) is 17.9. The Balaban J connectivity index is 1.84. The van der Waals surface area contributed by atoms with Crippen LogP contribution in [0.4, 0.5) is 0 Å². The summed E-state index contributed by atoms with van der Waals surface area (Å²) < 4.78 is 0. The highest BCUT2D eigenvalue weighted by Gasteiger charge is 2.12. The largest absolute Gasteiger partial charge is 0.317 e. The van der Waals surface area contributed by atoms with Crippen LogP contribution in [0.1, 0.15) is 18.4 Å². The number of hydrogen-bond acceptors (Lipinski definition) is 2. The van der Waals surface area contributed by atoms with Gasteiger partial charge in [-0.25, -0.2) is 0 Å². The van der Waals surface area contributed by atoms with Gasteiger partial charge in [0, 0.05) is 17.6 Å². The molecule has 0 atom stereocenters. The second kappa shape index (κ2) is 5.50. The van der Waals surface area contributed by atoms with Gasteiger partial charge in [0.25, 0.3) is 0 Å². The highest BCUT2D eigenvalue weighted by Crippen LogP contribution is 2.15. The lowest BCUT2D eigenvalue weighted by Gasteiger charge is -2.23. The zero-order valence-corrected chi connectivity index (χ0v) is 9.56. The molecule has 15 heavy (non-hydrogen) atoms. The summed E-state index contributed by atoms with van der Waals surface area (Å²) in [5.74, 6) is 0. The van der Waals surface area contributed by atoms with E-state index in [2.05, 4.69) is 16.7 Å². The summed E-state index contributed by atoms with van der Waals surface area (Å²) in [6.45, 7) is 3.13. The molecule has 1 aromatic rings. The first kappa shape index (κ1) is 10.9. The Kier molecular flexibility index (Phi) is 4.01. The molecule has 0 amide bonds. The van der Waals surface area contributed by atoms with Crippen LogP contribution < -0.4 is 10.6 Å². The van der Waals surface area contributed by atoms with Crippen LogP contribution in [0.25, 0.3) is 0 Å². The average molecular weight is 225 g/mol. The molecule has 1 saturated heterocycles. The molecule has 3 heteroatoms. The van der Waals surface area contributed by atoms with Crippen LogP contribution in [-0.4, -0.2) is 19.1 Å². The summed E-state index contributed by atoms with van der Waals surface area (Å²) in [5.41, 5.74) is 1.19. The second-order valence-corrected chi connectivity index (χ2v) is 4.40. The van der Waals surface area contributed by atoms with E-state index in [0.29, 0.717) is 6.04 Å². The van der Waals surface area contributed by atoms with Crippen LogP contribution in [0.5, 0.6) is 0 Å². The van der Waals surface area contributed by atoms with E-state index in [-0.39, 0.29) is 0 Å². The van der Waals surface area contributed by atoms with Crippen LogP contribution >= 0.6 is 11.6 Å². The maximum Gasteiger partial charge on any atom is 0.0450 e. The van der Waals surface area contributed by atoms with Crippen molar-refractivity contribution in [3.63, 3.8) is 0 Å². The van der Waals surface area contributed by atoms with Crippen molar-refractivity contribution in [1.29, 1.82) is 0 Å². The van der Waals surface area contributed by atoms with Crippen LogP contribution in [0.2, 0.25) is 5.02 Å². The Morgan fingerprint density at radius 1 is 1.27 bits per heavy atom. The van der Waals surface area contributed by atoms with Gasteiger partial charge in [-0.15, -0.1) is 0 Å².